The van der Waals surface area contributed by atoms with Gasteiger partial charge in [-0.15, -0.1) is 0 Å². The Bertz CT molecular complexity index is 355. The van der Waals surface area contributed by atoms with Crippen molar-refractivity contribution in [2.45, 2.75) is 37.6 Å². The minimum atomic E-state index is -0.192. The first-order chi connectivity index (χ1) is 8.09. The lowest BCUT2D eigenvalue weighted by Gasteiger charge is -2.37. The van der Waals surface area contributed by atoms with Gasteiger partial charge in [0, 0.05) is 24.8 Å². The molecule has 0 bridgehead atoms. The van der Waals surface area contributed by atoms with Gasteiger partial charge in [-0.25, -0.2) is 4.39 Å². The third-order valence-electron chi connectivity index (χ3n) is 3.67. The Balaban J connectivity index is 2.00. The number of halogens is 1. The monoisotopic (exact) mass is 236 g/mol. The van der Waals surface area contributed by atoms with Crippen molar-refractivity contribution >= 4 is 5.69 Å². The molecule has 3 heteroatoms. The fourth-order valence-electron chi connectivity index (χ4n) is 2.67. The summed E-state index contributed by atoms with van der Waals surface area (Å²) >= 11 is 0. The molecular formula is C14H21FN2. The lowest BCUT2D eigenvalue weighted by molar-refractivity contribution is 0.301. The van der Waals surface area contributed by atoms with Crippen LogP contribution in [0.3, 0.4) is 0 Å². The van der Waals surface area contributed by atoms with Crippen molar-refractivity contribution in [2.75, 3.05) is 18.5 Å². The van der Waals surface area contributed by atoms with Gasteiger partial charge in [0.1, 0.15) is 5.82 Å². The largest absolute Gasteiger partial charge is 0.373 e. The Morgan fingerprint density at radius 2 is 1.76 bits per heavy atom. The molecule has 1 aliphatic carbocycles. The van der Waals surface area contributed by atoms with Crippen molar-refractivity contribution < 1.29 is 4.39 Å². The molecule has 0 atom stereocenters. The van der Waals surface area contributed by atoms with Gasteiger partial charge in [-0.3, -0.25) is 0 Å². The van der Waals surface area contributed by atoms with Crippen molar-refractivity contribution in [3.05, 3.63) is 30.1 Å². The van der Waals surface area contributed by atoms with Crippen molar-refractivity contribution in [3.63, 3.8) is 0 Å². The molecule has 0 radical (unpaired) electrons. The minimum Gasteiger partial charge on any atom is -0.373 e. The molecule has 0 aliphatic heterocycles. The summed E-state index contributed by atoms with van der Waals surface area (Å²) in [4.78, 5) is 2.13. The second-order valence-corrected chi connectivity index (χ2v) is 5.26. The van der Waals surface area contributed by atoms with E-state index in [2.05, 4.69) is 4.90 Å². The Kier molecular flexibility index (Phi) is 3.67. The molecule has 0 aromatic heterocycles. The molecule has 1 aliphatic rings. The first kappa shape index (κ1) is 12.4. The van der Waals surface area contributed by atoms with E-state index in [1.807, 2.05) is 19.2 Å². The number of nitrogens with zero attached hydrogens (tertiary/aromatic N) is 1. The van der Waals surface area contributed by atoms with Crippen molar-refractivity contribution in [1.29, 1.82) is 0 Å². The van der Waals surface area contributed by atoms with E-state index in [1.165, 1.54) is 31.4 Å². The third-order valence-corrected chi connectivity index (χ3v) is 3.67. The van der Waals surface area contributed by atoms with E-state index in [1.54, 1.807) is 0 Å². The highest BCUT2D eigenvalue weighted by Crippen LogP contribution is 2.27. The Labute approximate surface area is 103 Å². The number of rotatable bonds is 3. The molecular weight excluding hydrogens is 215 g/mol. The zero-order valence-corrected chi connectivity index (χ0v) is 10.5. The van der Waals surface area contributed by atoms with Gasteiger partial charge in [0.25, 0.3) is 0 Å². The Morgan fingerprint density at radius 1 is 1.18 bits per heavy atom. The van der Waals surface area contributed by atoms with Crippen LogP contribution < -0.4 is 10.6 Å². The first-order valence-electron chi connectivity index (χ1n) is 6.35. The molecule has 0 saturated heterocycles. The highest BCUT2D eigenvalue weighted by atomic mass is 19.1. The van der Waals surface area contributed by atoms with Gasteiger partial charge >= 0.3 is 0 Å². The number of hydrogen-bond acceptors (Lipinski definition) is 2. The van der Waals surface area contributed by atoms with Crippen LogP contribution in [0.5, 0.6) is 0 Å². The number of benzene rings is 1. The van der Waals surface area contributed by atoms with Crippen LogP contribution >= 0.6 is 0 Å². The zero-order chi connectivity index (χ0) is 12.3. The van der Waals surface area contributed by atoms with E-state index in [9.17, 15) is 4.39 Å². The van der Waals surface area contributed by atoms with Crippen molar-refractivity contribution in [2.24, 2.45) is 5.73 Å². The highest BCUT2D eigenvalue weighted by molar-refractivity contribution is 5.45. The maximum absolute atomic E-state index is 12.8. The summed E-state index contributed by atoms with van der Waals surface area (Å²) in [6, 6.07) is 6.61. The topological polar surface area (TPSA) is 29.3 Å². The summed E-state index contributed by atoms with van der Waals surface area (Å²) in [7, 11) is 2.02. The van der Waals surface area contributed by atoms with Crippen LogP contribution in [0, 0.1) is 5.82 Å². The van der Waals surface area contributed by atoms with Crippen molar-refractivity contribution in [1.82, 2.24) is 0 Å². The zero-order valence-electron chi connectivity index (χ0n) is 10.5. The van der Waals surface area contributed by atoms with E-state index < -0.39 is 0 Å². The maximum atomic E-state index is 12.8. The van der Waals surface area contributed by atoms with Crippen LogP contribution in [-0.2, 0) is 0 Å². The molecule has 1 aromatic carbocycles. The van der Waals surface area contributed by atoms with E-state index in [0.717, 1.165) is 25.1 Å². The maximum Gasteiger partial charge on any atom is 0.123 e. The molecule has 2 rings (SSSR count). The van der Waals surface area contributed by atoms with E-state index in [0.29, 0.717) is 0 Å². The fraction of sp³-hybridized carbons (Fsp3) is 0.571. The lowest BCUT2D eigenvalue weighted by atomic mass is 9.82. The predicted molar refractivity (Wildman–Crippen MR) is 69.7 cm³/mol. The van der Waals surface area contributed by atoms with Gasteiger partial charge < -0.3 is 10.6 Å². The summed E-state index contributed by atoms with van der Waals surface area (Å²) in [5.74, 6) is -0.192. The molecule has 2 N–H and O–H groups in total. The standard InChI is InChI=1S/C14H21FN2/c1-17(13-7-5-12(15)6-8-13)11-14(16)9-3-2-4-10-14/h5-8H,2-4,9-11,16H2,1H3. The second kappa shape index (κ2) is 5.05. The smallest absolute Gasteiger partial charge is 0.123 e. The van der Waals surface area contributed by atoms with Gasteiger partial charge in [0.15, 0.2) is 0 Å². The molecule has 1 saturated carbocycles. The van der Waals surface area contributed by atoms with Crippen LogP contribution in [0.4, 0.5) is 10.1 Å². The average molecular weight is 236 g/mol. The molecule has 1 fully saturated rings. The van der Waals surface area contributed by atoms with E-state index in [4.69, 9.17) is 5.73 Å². The van der Waals surface area contributed by atoms with Gasteiger partial charge in [0.2, 0.25) is 0 Å². The molecule has 94 valence electrons. The van der Waals surface area contributed by atoms with Gasteiger partial charge in [0.05, 0.1) is 0 Å². The van der Waals surface area contributed by atoms with Gasteiger partial charge in [-0.2, -0.15) is 0 Å². The highest BCUT2D eigenvalue weighted by Gasteiger charge is 2.28. The molecule has 1 aromatic rings. The summed E-state index contributed by atoms with van der Waals surface area (Å²) < 4.78 is 12.8. The summed E-state index contributed by atoms with van der Waals surface area (Å²) in [5, 5.41) is 0. The summed E-state index contributed by atoms with van der Waals surface area (Å²) in [6.45, 7) is 0.846. The van der Waals surface area contributed by atoms with Gasteiger partial charge in [-0.1, -0.05) is 19.3 Å². The van der Waals surface area contributed by atoms with Crippen LogP contribution in [0.2, 0.25) is 0 Å². The normalized spacial score (nSPS) is 19.0. The number of hydrogen-bond donors (Lipinski definition) is 1. The molecule has 0 spiro atoms. The molecule has 17 heavy (non-hydrogen) atoms. The Morgan fingerprint density at radius 3 is 2.35 bits per heavy atom. The summed E-state index contributed by atoms with van der Waals surface area (Å²) in [6.07, 6.45) is 5.96. The second-order valence-electron chi connectivity index (χ2n) is 5.26. The SMILES string of the molecule is CN(CC1(N)CCCCC1)c1ccc(F)cc1. The molecule has 0 heterocycles. The van der Waals surface area contributed by atoms with Crippen LogP contribution in [0.1, 0.15) is 32.1 Å². The minimum absolute atomic E-state index is 0.0681. The predicted octanol–water partition coefficient (Wildman–Crippen LogP) is 2.92. The summed E-state index contributed by atoms with van der Waals surface area (Å²) in [5.41, 5.74) is 7.37. The Hall–Kier alpha value is -1.09. The van der Waals surface area contributed by atoms with Gasteiger partial charge in [-0.05, 0) is 37.1 Å². The van der Waals surface area contributed by atoms with E-state index >= 15 is 0 Å². The molecule has 0 unspecified atom stereocenters. The third kappa shape index (κ3) is 3.19. The van der Waals surface area contributed by atoms with E-state index in [-0.39, 0.29) is 11.4 Å². The first-order valence-corrected chi connectivity index (χ1v) is 6.35. The molecule has 2 nitrogen and oxygen atoms in total. The fourth-order valence-corrected chi connectivity index (χ4v) is 2.67. The number of likely N-dealkylation sites (N-methyl/N-ethyl adjacent to an activating group) is 1. The van der Waals surface area contributed by atoms with Crippen LogP contribution in [-0.4, -0.2) is 19.1 Å². The number of anilines is 1. The van der Waals surface area contributed by atoms with Crippen molar-refractivity contribution in [3.8, 4) is 0 Å². The average Bonchev–Trinajstić information content (AvgIpc) is 2.30. The van der Waals surface area contributed by atoms with Crippen LogP contribution in [0.15, 0.2) is 24.3 Å². The molecule has 0 amide bonds. The van der Waals surface area contributed by atoms with Crippen LogP contribution in [0.25, 0.3) is 0 Å². The number of nitrogens with two attached hydrogens (primary N) is 1. The quantitative estimate of drug-likeness (QED) is 0.874. The lowest BCUT2D eigenvalue weighted by Crippen LogP contribution is -2.50.